The van der Waals surface area contributed by atoms with E-state index in [1.54, 1.807) is 0 Å². The molecular formula is C23H15ClN4S. The van der Waals surface area contributed by atoms with Gasteiger partial charge in [0.2, 0.25) is 0 Å². The maximum absolute atomic E-state index is 6.27. The highest BCUT2D eigenvalue weighted by Crippen LogP contribution is 2.36. The van der Waals surface area contributed by atoms with Crippen LogP contribution in [0.4, 0.5) is 0 Å². The second kappa shape index (κ2) is 7.28. The van der Waals surface area contributed by atoms with E-state index in [1.807, 2.05) is 77.5 Å². The first-order chi connectivity index (χ1) is 14.2. The van der Waals surface area contributed by atoms with E-state index in [9.17, 15) is 0 Å². The van der Waals surface area contributed by atoms with Crippen molar-refractivity contribution in [2.75, 3.05) is 0 Å². The summed E-state index contributed by atoms with van der Waals surface area (Å²) >= 11 is 11.8. The van der Waals surface area contributed by atoms with Gasteiger partial charge in [-0.15, -0.1) is 0 Å². The van der Waals surface area contributed by atoms with Crippen molar-refractivity contribution in [3.63, 3.8) is 0 Å². The molecule has 0 aliphatic heterocycles. The number of aromatic amines is 1. The van der Waals surface area contributed by atoms with E-state index in [4.69, 9.17) is 28.9 Å². The molecule has 5 rings (SSSR count). The molecule has 140 valence electrons. The molecule has 29 heavy (non-hydrogen) atoms. The van der Waals surface area contributed by atoms with Gasteiger partial charge in [-0.05, 0) is 18.2 Å². The average Bonchev–Trinajstić information content (AvgIpc) is 3.17. The molecule has 5 aromatic rings. The van der Waals surface area contributed by atoms with E-state index in [2.05, 4.69) is 22.3 Å². The van der Waals surface area contributed by atoms with Crippen molar-refractivity contribution in [3.8, 4) is 28.2 Å². The van der Waals surface area contributed by atoms with Crippen molar-refractivity contribution in [1.29, 1.82) is 0 Å². The fourth-order valence-electron chi connectivity index (χ4n) is 3.48. The summed E-state index contributed by atoms with van der Waals surface area (Å²) in [6.07, 6.45) is 0. The van der Waals surface area contributed by atoms with Gasteiger partial charge >= 0.3 is 0 Å². The van der Waals surface area contributed by atoms with Crippen molar-refractivity contribution in [2.24, 2.45) is 0 Å². The molecule has 2 heterocycles. The summed E-state index contributed by atoms with van der Waals surface area (Å²) in [5.41, 5.74) is 5.31. The number of hydrogen-bond donors (Lipinski definition) is 1. The summed E-state index contributed by atoms with van der Waals surface area (Å²) in [6, 6.07) is 27.8. The Balaban J connectivity index is 1.94. The van der Waals surface area contributed by atoms with Crippen LogP contribution in [0.3, 0.4) is 0 Å². The normalized spacial score (nSPS) is 11.1. The monoisotopic (exact) mass is 414 g/mol. The number of hydrogen-bond acceptors (Lipinski definition) is 3. The minimum Gasteiger partial charge on any atom is -0.265 e. The summed E-state index contributed by atoms with van der Waals surface area (Å²) in [7, 11) is 0. The molecule has 3 aromatic carbocycles. The van der Waals surface area contributed by atoms with E-state index in [-0.39, 0.29) is 0 Å². The second-order valence-corrected chi connectivity index (χ2v) is 7.44. The lowest BCUT2D eigenvalue weighted by Crippen LogP contribution is -1.99. The number of nitrogens with zero attached hydrogens (tertiary/aromatic N) is 3. The molecule has 1 N–H and O–H groups in total. The zero-order chi connectivity index (χ0) is 19.8. The van der Waals surface area contributed by atoms with E-state index < -0.39 is 0 Å². The Morgan fingerprint density at radius 3 is 2.21 bits per heavy atom. The van der Waals surface area contributed by atoms with Gasteiger partial charge < -0.3 is 0 Å². The van der Waals surface area contributed by atoms with Gasteiger partial charge in [-0.1, -0.05) is 90.5 Å². The number of halogens is 1. The Bertz CT molecular complexity index is 1370. The molecule has 0 bridgehead atoms. The number of aromatic nitrogens is 4. The molecule has 6 heteroatoms. The Morgan fingerprint density at radius 1 is 0.828 bits per heavy atom. The molecule has 0 saturated carbocycles. The fraction of sp³-hybridized carbons (Fsp3) is 0. The highest BCUT2D eigenvalue weighted by molar-refractivity contribution is 7.71. The molecule has 0 unspecified atom stereocenters. The van der Waals surface area contributed by atoms with Gasteiger partial charge in [0, 0.05) is 16.1 Å². The van der Waals surface area contributed by atoms with E-state index in [1.165, 1.54) is 0 Å². The minimum absolute atomic E-state index is 0.498. The SMILES string of the molecule is S=c1[nH]nc(-c2ccccc2)c2c(-c3ccccc3)n(-c3cccc(Cl)c3)nc12. The smallest absolute Gasteiger partial charge is 0.148 e. The highest BCUT2D eigenvalue weighted by atomic mass is 35.5. The summed E-state index contributed by atoms with van der Waals surface area (Å²) in [5, 5.41) is 14.0. The first-order valence-corrected chi connectivity index (χ1v) is 9.89. The zero-order valence-electron chi connectivity index (χ0n) is 15.2. The summed E-state index contributed by atoms with van der Waals surface area (Å²) < 4.78 is 2.39. The van der Waals surface area contributed by atoms with Crippen LogP contribution in [0.2, 0.25) is 5.02 Å². The molecule has 0 aliphatic carbocycles. The number of H-pyrrole nitrogens is 1. The van der Waals surface area contributed by atoms with Crippen LogP contribution < -0.4 is 0 Å². The molecule has 4 nitrogen and oxygen atoms in total. The largest absolute Gasteiger partial charge is 0.265 e. The van der Waals surface area contributed by atoms with Gasteiger partial charge in [-0.2, -0.15) is 10.2 Å². The lowest BCUT2D eigenvalue weighted by molar-refractivity contribution is 0.901. The summed E-state index contributed by atoms with van der Waals surface area (Å²) in [6.45, 7) is 0. The first kappa shape index (κ1) is 17.8. The van der Waals surface area contributed by atoms with E-state index in [0.29, 0.717) is 15.2 Å². The molecule has 0 spiro atoms. The Hall–Kier alpha value is -3.28. The van der Waals surface area contributed by atoms with Crippen LogP contribution in [0.1, 0.15) is 0 Å². The van der Waals surface area contributed by atoms with Crippen LogP contribution in [0.15, 0.2) is 84.9 Å². The fourth-order valence-corrected chi connectivity index (χ4v) is 3.85. The lowest BCUT2D eigenvalue weighted by Gasteiger charge is -2.10. The van der Waals surface area contributed by atoms with Gasteiger partial charge in [0.1, 0.15) is 15.9 Å². The van der Waals surface area contributed by atoms with Gasteiger partial charge in [0.15, 0.2) is 0 Å². The van der Waals surface area contributed by atoms with Crippen molar-refractivity contribution in [2.45, 2.75) is 0 Å². The quantitative estimate of drug-likeness (QED) is 0.344. The molecular weight excluding hydrogens is 400 g/mol. The molecule has 0 aliphatic rings. The van der Waals surface area contributed by atoms with Gasteiger partial charge in [-0.25, -0.2) is 4.68 Å². The number of rotatable bonds is 3. The summed E-state index contributed by atoms with van der Waals surface area (Å²) in [4.78, 5) is 0. The van der Waals surface area contributed by atoms with Crippen LogP contribution >= 0.6 is 23.8 Å². The average molecular weight is 415 g/mol. The predicted molar refractivity (Wildman–Crippen MR) is 120 cm³/mol. The van der Waals surface area contributed by atoms with Crippen LogP contribution in [-0.4, -0.2) is 20.0 Å². The molecule has 0 saturated heterocycles. The van der Waals surface area contributed by atoms with E-state index >= 15 is 0 Å². The van der Waals surface area contributed by atoms with Crippen LogP contribution in [0, 0.1) is 4.64 Å². The summed E-state index contributed by atoms with van der Waals surface area (Å²) in [5.74, 6) is 0. The van der Waals surface area contributed by atoms with Gasteiger partial charge in [0.25, 0.3) is 0 Å². The van der Waals surface area contributed by atoms with Crippen molar-refractivity contribution in [3.05, 3.63) is 94.6 Å². The molecule has 0 amide bonds. The second-order valence-electron chi connectivity index (χ2n) is 6.60. The van der Waals surface area contributed by atoms with Gasteiger partial charge in [0.05, 0.1) is 16.8 Å². The third kappa shape index (κ3) is 3.14. The number of nitrogens with one attached hydrogen (secondary N) is 1. The Labute approximate surface area is 177 Å². The van der Waals surface area contributed by atoms with Crippen molar-refractivity contribution in [1.82, 2.24) is 20.0 Å². The van der Waals surface area contributed by atoms with Gasteiger partial charge in [-0.3, -0.25) is 5.10 Å². The zero-order valence-corrected chi connectivity index (χ0v) is 16.8. The Morgan fingerprint density at radius 2 is 1.52 bits per heavy atom. The third-order valence-electron chi connectivity index (χ3n) is 4.75. The van der Waals surface area contributed by atoms with Crippen LogP contribution in [0.5, 0.6) is 0 Å². The number of benzene rings is 3. The topological polar surface area (TPSA) is 46.5 Å². The maximum Gasteiger partial charge on any atom is 0.148 e. The van der Waals surface area contributed by atoms with Crippen molar-refractivity contribution < 1.29 is 0 Å². The van der Waals surface area contributed by atoms with Crippen LogP contribution in [0.25, 0.3) is 39.1 Å². The van der Waals surface area contributed by atoms with E-state index in [0.717, 1.165) is 33.6 Å². The standard InChI is InChI=1S/C23H15ClN4S/c24-17-12-7-13-18(14-17)28-22(16-10-5-2-6-11-16)19-20(15-8-3-1-4-9-15)25-26-23(29)21(19)27-28/h1-14H,(H,26,29). The molecule has 0 atom stereocenters. The predicted octanol–water partition coefficient (Wildman–Crippen LogP) is 6.47. The first-order valence-electron chi connectivity index (χ1n) is 9.10. The molecule has 0 radical (unpaired) electrons. The van der Waals surface area contributed by atoms with Crippen LogP contribution in [-0.2, 0) is 0 Å². The molecule has 2 aromatic heterocycles. The highest BCUT2D eigenvalue weighted by Gasteiger charge is 2.21. The minimum atomic E-state index is 0.498. The lowest BCUT2D eigenvalue weighted by atomic mass is 10.0. The van der Waals surface area contributed by atoms with Crippen molar-refractivity contribution >= 4 is 34.7 Å². The maximum atomic E-state index is 6.27. The Kier molecular flexibility index (Phi) is 4.46. The number of fused-ring (bicyclic) bond motifs is 1. The third-order valence-corrected chi connectivity index (χ3v) is 5.27. The molecule has 0 fully saturated rings.